The standard InChI is InChI=1S/C19H31N5O/c1-15-9-22-16(10-21-15)11-24-14-19(7-5-17(24)25)6-4-8-23(13-19)12-18(2,3)20/h9-10H,4-8,11-14,20H2,1-3H3/t19-/m0/s1. The summed E-state index contributed by atoms with van der Waals surface area (Å²) in [5.74, 6) is 0.240. The third-order valence-electron chi connectivity index (χ3n) is 5.31. The quantitative estimate of drug-likeness (QED) is 0.899. The van der Waals surface area contributed by atoms with Crippen molar-refractivity contribution in [3.05, 3.63) is 23.8 Å². The summed E-state index contributed by atoms with van der Waals surface area (Å²) in [6, 6.07) is 0. The van der Waals surface area contributed by atoms with E-state index in [0.717, 1.165) is 44.0 Å². The molecule has 0 aliphatic carbocycles. The van der Waals surface area contributed by atoms with Crippen molar-refractivity contribution in [1.82, 2.24) is 19.8 Å². The fourth-order valence-corrected chi connectivity index (χ4v) is 4.30. The van der Waals surface area contributed by atoms with Gasteiger partial charge in [-0.05, 0) is 46.6 Å². The van der Waals surface area contributed by atoms with Crippen LogP contribution in [0.4, 0.5) is 0 Å². The van der Waals surface area contributed by atoms with Crippen LogP contribution in [-0.2, 0) is 11.3 Å². The van der Waals surface area contributed by atoms with E-state index in [0.29, 0.717) is 13.0 Å². The van der Waals surface area contributed by atoms with E-state index in [4.69, 9.17) is 5.73 Å². The van der Waals surface area contributed by atoms with Crippen LogP contribution in [0, 0.1) is 12.3 Å². The summed E-state index contributed by atoms with van der Waals surface area (Å²) < 4.78 is 0. The predicted octanol–water partition coefficient (Wildman–Crippen LogP) is 1.73. The van der Waals surface area contributed by atoms with Gasteiger partial charge in [-0.15, -0.1) is 0 Å². The van der Waals surface area contributed by atoms with Crippen molar-refractivity contribution in [2.45, 2.75) is 58.5 Å². The molecule has 2 fully saturated rings. The van der Waals surface area contributed by atoms with E-state index >= 15 is 0 Å². The molecule has 2 N–H and O–H groups in total. The van der Waals surface area contributed by atoms with Crippen LogP contribution in [0.2, 0.25) is 0 Å². The van der Waals surface area contributed by atoms with E-state index in [2.05, 4.69) is 28.7 Å². The van der Waals surface area contributed by atoms with Crippen LogP contribution in [0.15, 0.2) is 12.4 Å². The van der Waals surface area contributed by atoms with E-state index in [1.165, 1.54) is 12.8 Å². The number of rotatable bonds is 4. The van der Waals surface area contributed by atoms with E-state index in [-0.39, 0.29) is 16.9 Å². The van der Waals surface area contributed by atoms with Gasteiger partial charge in [0.1, 0.15) is 0 Å². The van der Waals surface area contributed by atoms with Crippen LogP contribution < -0.4 is 5.73 Å². The van der Waals surface area contributed by atoms with E-state index in [1.807, 2.05) is 11.8 Å². The summed E-state index contributed by atoms with van der Waals surface area (Å²) in [6.45, 7) is 10.5. The Hall–Kier alpha value is -1.53. The van der Waals surface area contributed by atoms with Crippen LogP contribution >= 0.6 is 0 Å². The molecule has 1 atom stereocenters. The summed E-state index contributed by atoms with van der Waals surface area (Å²) in [6.07, 6.45) is 7.56. The van der Waals surface area contributed by atoms with Gasteiger partial charge in [0.25, 0.3) is 0 Å². The largest absolute Gasteiger partial charge is 0.336 e. The summed E-state index contributed by atoms with van der Waals surface area (Å²) in [5.41, 5.74) is 8.02. The lowest BCUT2D eigenvalue weighted by molar-refractivity contribution is -0.140. The van der Waals surface area contributed by atoms with Crippen molar-refractivity contribution in [3.8, 4) is 0 Å². The van der Waals surface area contributed by atoms with E-state index in [9.17, 15) is 4.79 Å². The Balaban J connectivity index is 1.68. The minimum Gasteiger partial charge on any atom is -0.336 e. The van der Waals surface area contributed by atoms with Gasteiger partial charge >= 0.3 is 0 Å². The Labute approximate surface area is 150 Å². The molecule has 0 radical (unpaired) electrons. The molecule has 2 aliphatic heterocycles. The third-order valence-corrected chi connectivity index (χ3v) is 5.31. The molecule has 2 saturated heterocycles. The lowest BCUT2D eigenvalue weighted by Gasteiger charge is -2.49. The van der Waals surface area contributed by atoms with Gasteiger partial charge in [-0.3, -0.25) is 14.8 Å². The molecule has 0 aromatic carbocycles. The summed E-state index contributed by atoms with van der Waals surface area (Å²) in [5, 5.41) is 0. The molecule has 138 valence electrons. The molecule has 1 aromatic heterocycles. The number of carbonyl (C=O) groups is 1. The van der Waals surface area contributed by atoms with Gasteiger partial charge in [0.2, 0.25) is 5.91 Å². The minimum absolute atomic E-state index is 0.180. The number of amides is 1. The molecule has 25 heavy (non-hydrogen) atoms. The first-order valence-electron chi connectivity index (χ1n) is 9.31. The number of piperidine rings is 2. The number of nitrogens with zero attached hydrogens (tertiary/aromatic N) is 4. The second kappa shape index (κ2) is 7.00. The highest BCUT2D eigenvalue weighted by atomic mass is 16.2. The van der Waals surface area contributed by atoms with Crippen LogP contribution in [0.25, 0.3) is 0 Å². The Morgan fingerprint density at radius 1 is 1.24 bits per heavy atom. The lowest BCUT2D eigenvalue weighted by Crippen LogP contribution is -2.56. The Bertz CT molecular complexity index is 609. The molecule has 6 nitrogen and oxygen atoms in total. The normalized spacial score (nSPS) is 25.6. The molecule has 6 heteroatoms. The third kappa shape index (κ3) is 4.76. The van der Waals surface area contributed by atoms with Crippen molar-refractivity contribution in [3.63, 3.8) is 0 Å². The first-order valence-corrected chi connectivity index (χ1v) is 9.31. The van der Waals surface area contributed by atoms with E-state index < -0.39 is 0 Å². The van der Waals surface area contributed by atoms with Gasteiger partial charge in [0.05, 0.1) is 24.1 Å². The molecule has 2 aliphatic rings. The van der Waals surface area contributed by atoms with Gasteiger partial charge in [-0.1, -0.05) is 0 Å². The lowest BCUT2D eigenvalue weighted by atomic mass is 9.73. The molecular weight excluding hydrogens is 314 g/mol. The summed E-state index contributed by atoms with van der Waals surface area (Å²) >= 11 is 0. The fraction of sp³-hybridized carbons (Fsp3) is 0.737. The zero-order chi connectivity index (χ0) is 18.1. The van der Waals surface area contributed by atoms with Crippen LogP contribution in [0.5, 0.6) is 0 Å². The number of carbonyl (C=O) groups excluding carboxylic acids is 1. The van der Waals surface area contributed by atoms with Crippen molar-refractivity contribution in [2.75, 3.05) is 26.2 Å². The number of nitrogens with two attached hydrogens (primary N) is 1. The summed E-state index contributed by atoms with van der Waals surface area (Å²) in [7, 11) is 0. The maximum Gasteiger partial charge on any atom is 0.222 e. The highest BCUT2D eigenvalue weighted by Crippen LogP contribution is 2.39. The van der Waals surface area contributed by atoms with Gasteiger partial charge in [0, 0.05) is 43.2 Å². The molecule has 3 rings (SSSR count). The van der Waals surface area contributed by atoms with Crippen LogP contribution in [0.3, 0.4) is 0 Å². The molecule has 1 spiro atoms. The molecule has 0 bridgehead atoms. The molecular formula is C19H31N5O. The van der Waals surface area contributed by atoms with Gasteiger partial charge in [-0.25, -0.2) is 0 Å². The highest BCUT2D eigenvalue weighted by molar-refractivity contribution is 5.77. The fourth-order valence-electron chi connectivity index (χ4n) is 4.30. The van der Waals surface area contributed by atoms with Gasteiger partial charge < -0.3 is 15.5 Å². The Morgan fingerprint density at radius 3 is 2.72 bits per heavy atom. The number of likely N-dealkylation sites (tertiary alicyclic amines) is 2. The molecule has 0 saturated carbocycles. The van der Waals surface area contributed by atoms with Gasteiger partial charge in [0.15, 0.2) is 0 Å². The Kier molecular flexibility index (Phi) is 5.11. The maximum atomic E-state index is 12.4. The minimum atomic E-state index is -0.180. The maximum absolute atomic E-state index is 12.4. The zero-order valence-corrected chi connectivity index (χ0v) is 15.8. The van der Waals surface area contributed by atoms with Crippen molar-refractivity contribution in [2.24, 2.45) is 11.1 Å². The zero-order valence-electron chi connectivity index (χ0n) is 15.8. The molecule has 3 heterocycles. The molecule has 0 unspecified atom stereocenters. The summed E-state index contributed by atoms with van der Waals surface area (Å²) in [4.78, 5) is 25.6. The molecule has 1 amide bonds. The molecule has 1 aromatic rings. The smallest absolute Gasteiger partial charge is 0.222 e. The van der Waals surface area contributed by atoms with Crippen molar-refractivity contribution >= 4 is 5.91 Å². The Morgan fingerprint density at radius 2 is 2.04 bits per heavy atom. The van der Waals surface area contributed by atoms with E-state index in [1.54, 1.807) is 12.4 Å². The number of hydrogen-bond acceptors (Lipinski definition) is 5. The second-order valence-electron chi connectivity index (χ2n) is 8.70. The first-order chi connectivity index (χ1) is 11.7. The van der Waals surface area contributed by atoms with Crippen molar-refractivity contribution < 1.29 is 4.79 Å². The average molecular weight is 345 g/mol. The average Bonchev–Trinajstić information content (AvgIpc) is 2.52. The predicted molar refractivity (Wildman–Crippen MR) is 97.8 cm³/mol. The van der Waals surface area contributed by atoms with Crippen molar-refractivity contribution in [1.29, 1.82) is 0 Å². The SMILES string of the molecule is Cc1cnc(CN2C[C@@]3(CCCN(CC(C)(C)N)C3)CCC2=O)cn1. The number of aromatic nitrogens is 2. The monoisotopic (exact) mass is 345 g/mol. The number of hydrogen-bond donors (Lipinski definition) is 1. The highest BCUT2D eigenvalue weighted by Gasteiger charge is 2.42. The van der Waals surface area contributed by atoms with Crippen LogP contribution in [-0.4, -0.2) is 57.4 Å². The topological polar surface area (TPSA) is 75.3 Å². The van der Waals surface area contributed by atoms with Gasteiger partial charge in [-0.2, -0.15) is 0 Å². The first kappa shape index (κ1) is 18.3. The number of aryl methyl sites for hydroxylation is 1. The van der Waals surface area contributed by atoms with Crippen LogP contribution in [0.1, 0.15) is 50.9 Å². The second-order valence-corrected chi connectivity index (χ2v) is 8.70.